The lowest BCUT2D eigenvalue weighted by Crippen LogP contribution is -2.12. The van der Waals surface area contributed by atoms with Gasteiger partial charge < -0.3 is 10.1 Å². The highest BCUT2D eigenvalue weighted by Gasteiger charge is 2.11. The molecule has 0 aliphatic carbocycles. The molecular weight excluding hydrogens is 262 g/mol. The van der Waals surface area contributed by atoms with E-state index in [0.29, 0.717) is 0 Å². The second kappa shape index (κ2) is 7.27. The van der Waals surface area contributed by atoms with Crippen LogP contribution in [0.1, 0.15) is 31.5 Å². The summed E-state index contributed by atoms with van der Waals surface area (Å²) in [6.07, 6.45) is 3.06. The molecule has 0 atom stereocenters. The maximum atomic E-state index is 5.45. The number of hydrogen-bond donors (Lipinski definition) is 1. The average Bonchev–Trinajstić information content (AvgIpc) is 2.86. The Bertz CT molecular complexity index is 590. The van der Waals surface area contributed by atoms with Crippen LogP contribution in [-0.2, 0) is 13.1 Å². The molecule has 0 fully saturated rings. The quantitative estimate of drug-likeness (QED) is 0.848. The summed E-state index contributed by atoms with van der Waals surface area (Å²) in [4.78, 5) is 0. The minimum absolute atomic E-state index is 0.815. The van der Waals surface area contributed by atoms with E-state index < -0.39 is 0 Å². The maximum Gasteiger partial charge on any atom is 0.123 e. The van der Waals surface area contributed by atoms with E-state index in [2.05, 4.69) is 48.0 Å². The van der Waals surface area contributed by atoms with Gasteiger partial charge in [-0.1, -0.05) is 19.9 Å². The van der Waals surface area contributed by atoms with E-state index in [4.69, 9.17) is 4.74 Å². The van der Waals surface area contributed by atoms with Crippen molar-refractivity contribution in [3.8, 4) is 16.9 Å². The van der Waals surface area contributed by atoms with E-state index in [1.54, 1.807) is 7.11 Å². The number of nitrogens with one attached hydrogen (secondary N) is 1. The molecule has 0 bridgehead atoms. The Hall–Kier alpha value is -1.81. The van der Waals surface area contributed by atoms with Gasteiger partial charge in [0.15, 0.2) is 0 Å². The van der Waals surface area contributed by atoms with Gasteiger partial charge in [-0.3, -0.25) is 4.68 Å². The highest BCUT2D eigenvalue weighted by atomic mass is 16.5. The molecule has 0 spiro atoms. The van der Waals surface area contributed by atoms with Crippen molar-refractivity contribution in [2.24, 2.45) is 0 Å². The summed E-state index contributed by atoms with van der Waals surface area (Å²) in [6.45, 7) is 9.13. The number of nitrogens with zero attached hydrogens (tertiary/aromatic N) is 2. The van der Waals surface area contributed by atoms with E-state index in [0.717, 1.165) is 31.8 Å². The first-order valence-corrected chi connectivity index (χ1v) is 7.61. The zero-order valence-electron chi connectivity index (χ0n) is 13.4. The lowest BCUT2D eigenvalue weighted by molar-refractivity contribution is 0.408. The average molecular weight is 287 g/mol. The Morgan fingerprint density at radius 3 is 2.76 bits per heavy atom. The van der Waals surface area contributed by atoms with E-state index in [1.165, 1.54) is 22.4 Å². The van der Waals surface area contributed by atoms with Crippen LogP contribution < -0.4 is 10.1 Å². The molecule has 2 rings (SSSR count). The molecule has 0 radical (unpaired) electrons. The van der Waals surface area contributed by atoms with Gasteiger partial charge in [-0.2, -0.15) is 5.10 Å². The van der Waals surface area contributed by atoms with E-state index >= 15 is 0 Å². The number of hydrogen-bond acceptors (Lipinski definition) is 3. The van der Waals surface area contributed by atoms with E-state index in [9.17, 15) is 0 Å². The first kappa shape index (κ1) is 15.6. The molecule has 0 aliphatic heterocycles. The number of benzene rings is 1. The van der Waals surface area contributed by atoms with Gasteiger partial charge in [-0.15, -0.1) is 0 Å². The standard InChI is InChI=1S/C17H25N3O/c1-5-9-20-13(3)16(12-19-20)14-7-8-17(21-4)15(10-14)11-18-6-2/h7-8,10,12,18H,5-6,9,11H2,1-4H3. The highest BCUT2D eigenvalue weighted by Crippen LogP contribution is 2.28. The molecule has 0 aliphatic rings. The van der Waals surface area contributed by atoms with Crippen LogP contribution >= 0.6 is 0 Å². The molecular formula is C17H25N3O. The maximum absolute atomic E-state index is 5.45. The Labute approximate surface area is 127 Å². The van der Waals surface area contributed by atoms with Crippen molar-refractivity contribution in [3.05, 3.63) is 35.7 Å². The highest BCUT2D eigenvalue weighted by molar-refractivity contribution is 5.67. The number of aromatic nitrogens is 2. The van der Waals surface area contributed by atoms with Crippen molar-refractivity contribution in [1.29, 1.82) is 0 Å². The molecule has 0 unspecified atom stereocenters. The zero-order chi connectivity index (χ0) is 15.2. The summed E-state index contributed by atoms with van der Waals surface area (Å²) < 4.78 is 7.52. The van der Waals surface area contributed by atoms with Crippen LogP contribution in [0.15, 0.2) is 24.4 Å². The van der Waals surface area contributed by atoms with E-state index in [-0.39, 0.29) is 0 Å². The third-order valence-corrected chi connectivity index (χ3v) is 3.70. The fraction of sp³-hybridized carbons (Fsp3) is 0.471. The predicted octanol–water partition coefficient (Wildman–Crippen LogP) is 3.39. The molecule has 2 aromatic rings. The lowest BCUT2D eigenvalue weighted by atomic mass is 10.0. The Morgan fingerprint density at radius 2 is 2.10 bits per heavy atom. The van der Waals surface area contributed by atoms with Crippen LogP contribution in [0.5, 0.6) is 5.75 Å². The van der Waals surface area contributed by atoms with Gasteiger partial charge in [0.25, 0.3) is 0 Å². The summed E-state index contributed by atoms with van der Waals surface area (Å²) in [7, 11) is 1.72. The van der Waals surface area contributed by atoms with Crippen LogP contribution in [0.25, 0.3) is 11.1 Å². The van der Waals surface area contributed by atoms with Crippen molar-refractivity contribution >= 4 is 0 Å². The van der Waals surface area contributed by atoms with E-state index in [1.807, 2.05) is 12.3 Å². The molecule has 4 nitrogen and oxygen atoms in total. The largest absolute Gasteiger partial charge is 0.496 e. The van der Waals surface area contributed by atoms with Gasteiger partial charge in [-0.05, 0) is 37.6 Å². The summed E-state index contributed by atoms with van der Waals surface area (Å²) in [6, 6.07) is 6.34. The molecule has 1 N–H and O–H groups in total. The molecule has 1 aromatic heterocycles. The first-order valence-electron chi connectivity index (χ1n) is 7.61. The Balaban J connectivity index is 2.35. The number of aryl methyl sites for hydroxylation is 1. The fourth-order valence-electron chi connectivity index (χ4n) is 2.51. The van der Waals surface area contributed by atoms with Gasteiger partial charge in [0.1, 0.15) is 5.75 Å². The van der Waals surface area contributed by atoms with Crippen molar-refractivity contribution < 1.29 is 4.74 Å². The number of methoxy groups -OCH3 is 1. The molecule has 4 heteroatoms. The van der Waals surface area contributed by atoms with Crippen LogP contribution in [-0.4, -0.2) is 23.4 Å². The van der Waals surface area contributed by atoms with Gasteiger partial charge >= 0.3 is 0 Å². The summed E-state index contributed by atoms with van der Waals surface area (Å²) in [5, 5.41) is 7.84. The van der Waals surface area contributed by atoms with Crippen molar-refractivity contribution in [2.45, 2.75) is 40.3 Å². The normalized spacial score (nSPS) is 10.9. The second-order valence-corrected chi connectivity index (χ2v) is 5.17. The monoisotopic (exact) mass is 287 g/mol. The van der Waals surface area contributed by atoms with Crippen molar-refractivity contribution in [2.75, 3.05) is 13.7 Å². The molecule has 114 valence electrons. The predicted molar refractivity (Wildman–Crippen MR) is 86.6 cm³/mol. The summed E-state index contributed by atoms with van der Waals surface area (Å²) >= 11 is 0. The number of rotatable bonds is 7. The van der Waals surface area contributed by atoms with Crippen LogP contribution in [0.2, 0.25) is 0 Å². The molecule has 21 heavy (non-hydrogen) atoms. The SMILES string of the molecule is CCCn1ncc(-c2ccc(OC)c(CNCC)c2)c1C. The number of ether oxygens (including phenoxy) is 1. The molecule has 0 saturated heterocycles. The Morgan fingerprint density at radius 1 is 1.29 bits per heavy atom. The third kappa shape index (κ3) is 3.45. The summed E-state index contributed by atoms with van der Waals surface area (Å²) in [5.41, 5.74) is 4.79. The van der Waals surface area contributed by atoms with Crippen LogP contribution in [0.3, 0.4) is 0 Å². The summed E-state index contributed by atoms with van der Waals surface area (Å²) in [5.74, 6) is 0.929. The molecule has 0 amide bonds. The van der Waals surface area contributed by atoms with Crippen molar-refractivity contribution in [1.82, 2.24) is 15.1 Å². The first-order chi connectivity index (χ1) is 10.2. The van der Waals surface area contributed by atoms with Crippen LogP contribution in [0.4, 0.5) is 0 Å². The van der Waals surface area contributed by atoms with Crippen LogP contribution in [0, 0.1) is 6.92 Å². The fourth-order valence-corrected chi connectivity index (χ4v) is 2.51. The lowest BCUT2D eigenvalue weighted by Gasteiger charge is -2.11. The Kier molecular flexibility index (Phi) is 5.39. The van der Waals surface area contributed by atoms with Gasteiger partial charge in [0, 0.05) is 29.9 Å². The van der Waals surface area contributed by atoms with Gasteiger partial charge in [0.05, 0.1) is 13.3 Å². The second-order valence-electron chi connectivity index (χ2n) is 5.17. The smallest absolute Gasteiger partial charge is 0.123 e. The molecule has 1 aromatic carbocycles. The zero-order valence-corrected chi connectivity index (χ0v) is 13.4. The molecule has 1 heterocycles. The van der Waals surface area contributed by atoms with Gasteiger partial charge in [0.2, 0.25) is 0 Å². The topological polar surface area (TPSA) is 39.1 Å². The van der Waals surface area contributed by atoms with Gasteiger partial charge in [-0.25, -0.2) is 0 Å². The van der Waals surface area contributed by atoms with Crippen molar-refractivity contribution in [3.63, 3.8) is 0 Å². The third-order valence-electron chi connectivity index (χ3n) is 3.70. The minimum atomic E-state index is 0.815. The minimum Gasteiger partial charge on any atom is -0.496 e. The molecule has 0 saturated carbocycles.